The summed E-state index contributed by atoms with van der Waals surface area (Å²) < 4.78 is 0.989. The molecule has 0 atom stereocenters. The number of fused-ring (bicyclic) bond motifs is 1. The number of aryl methyl sites for hydroxylation is 2. The van der Waals surface area contributed by atoms with Crippen LogP contribution in [0.1, 0.15) is 32.1 Å². The number of nitrogens with one attached hydrogen (secondary N) is 1. The van der Waals surface area contributed by atoms with Crippen molar-refractivity contribution in [3.05, 3.63) is 42.2 Å². The van der Waals surface area contributed by atoms with Gasteiger partial charge in [-0.3, -0.25) is 4.79 Å². The molecule has 1 amide bonds. The van der Waals surface area contributed by atoms with Gasteiger partial charge in [-0.2, -0.15) is 0 Å². The molecule has 2 aromatic rings. The Morgan fingerprint density at radius 2 is 2.28 bits per heavy atom. The van der Waals surface area contributed by atoms with Crippen molar-refractivity contribution in [3.63, 3.8) is 0 Å². The largest absolute Gasteiger partial charge is 0.347 e. The Labute approximate surface area is 122 Å². The fourth-order valence-electron chi connectivity index (χ4n) is 2.18. The quantitative estimate of drug-likeness (QED) is 0.898. The summed E-state index contributed by atoms with van der Waals surface area (Å²) in [6.07, 6.45) is 3.71. The highest BCUT2D eigenvalue weighted by molar-refractivity contribution is 9.11. The van der Waals surface area contributed by atoms with Crippen molar-refractivity contribution >= 4 is 44.5 Å². The van der Waals surface area contributed by atoms with Crippen molar-refractivity contribution in [2.24, 2.45) is 0 Å². The average molecular weight is 342 g/mol. The van der Waals surface area contributed by atoms with Crippen molar-refractivity contribution < 1.29 is 4.79 Å². The van der Waals surface area contributed by atoms with E-state index in [1.54, 1.807) is 0 Å². The highest BCUT2D eigenvalue weighted by atomic mass is 79.9. The van der Waals surface area contributed by atoms with Crippen molar-refractivity contribution in [1.29, 1.82) is 0 Å². The Morgan fingerprint density at radius 3 is 3.00 bits per heavy atom. The van der Waals surface area contributed by atoms with Crippen molar-refractivity contribution in [2.75, 3.05) is 0 Å². The highest BCUT2D eigenvalue weighted by Gasteiger charge is 2.15. The normalized spacial score (nSPS) is 13.6. The molecule has 0 fully saturated rings. The van der Waals surface area contributed by atoms with Crippen LogP contribution >= 0.6 is 38.6 Å². The molecule has 1 N–H and O–H groups in total. The molecule has 1 aliphatic rings. The fraction of sp³-hybridized carbons (Fsp3) is 0.308. The molecule has 0 aliphatic heterocycles. The van der Waals surface area contributed by atoms with Gasteiger partial charge in [0.15, 0.2) is 0 Å². The van der Waals surface area contributed by atoms with E-state index in [9.17, 15) is 4.79 Å². The van der Waals surface area contributed by atoms with Crippen LogP contribution in [0, 0.1) is 0 Å². The van der Waals surface area contributed by atoms with Crippen LogP contribution in [-0.2, 0) is 19.4 Å². The minimum absolute atomic E-state index is 0.00510. The minimum Gasteiger partial charge on any atom is -0.347 e. The van der Waals surface area contributed by atoms with Gasteiger partial charge in [0.05, 0.1) is 15.9 Å². The molecule has 0 unspecified atom stereocenters. The van der Waals surface area contributed by atoms with Gasteiger partial charge in [0.25, 0.3) is 5.91 Å². The standard InChI is InChI=1S/C13H12BrNOS2/c14-12-5-9(7-17-12)13(16)15-6-10-4-8-2-1-3-11(8)18-10/h4-5,7H,1-3,6H2,(H,15,16). The summed E-state index contributed by atoms with van der Waals surface area (Å²) in [5.74, 6) is 0.00510. The monoisotopic (exact) mass is 341 g/mol. The molecule has 0 bridgehead atoms. The zero-order valence-corrected chi connectivity index (χ0v) is 12.9. The Bertz CT molecular complexity index is 566. The van der Waals surface area contributed by atoms with Gasteiger partial charge >= 0.3 is 0 Å². The van der Waals surface area contributed by atoms with Gasteiger partial charge in [0, 0.05) is 15.1 Å². The van der Waals surface area contributed by atoms with E-state index in [0.717, 1.165) is 9.35 Å². The van der Waals surface area contributed by atoms with Crippen LogP contribution in [0.4, 0.5) is 0 Å². The lowest BCUT2D eigenvalue weighted by atomic mass is 10.2. The lowest BCUT2D eigenvalue weighted by molar-refractivity contribution is 0.0951. The van der Waals surface area contributed by atoms with E-state index >= 15 is 0 Å². The molecule has 1 aliphatic carbocycles. The summed E-state index contributed by atoms with van der Waals surface area (Å²) in [6, 6.07) is 4.10. The number of carbonyl (C=O) groups is 1. The number of thiophene rings is 2. The number of hydrogen-bond donors (Lipinski definition) is 1. The van der Waals surface area contributed by atoms with E-state index < -0.39 is 0 Å². The van der Waals surface area contributed by atoms with E-state index in [4.69, 9.17) is 0 Å². The van der Waals surface area contributed by atoms with Gasteiger partial charge in [-0.05, 0) is 52.9 Å². The van der Waals surface area contributed by atoms with Crippen molar-refractivity contribution in [2.45, 2.75) is 25.8 Å². The number of carbonyl (C=O) groups excluding carboxylic acids is 1. The van der Waals surface area contributed by atoms with Gasteiger partial charge in [-0.1, -0.05) is 0 Å². The second-order valence-corrected chi connectivity index (χ2v) is 7.85. The Balaban J connectivity index is 1.62. The second kappa shape index (κ2) is 5.15. The summed E-state index contributed by atoms with van der Waals surface area (Å²) in [5.41, 5.74) is 2.22. The van der Waals surface area contributed by atoms with E-state index in [2.05, 4.69) is 27.3 Å². The van der Waals surface area contributed by atoms with Gasteiger partial charge in [-0.25, -0.2) is 0 Å². The number of halogens is 1. The lowest BCUT2D eigenvalue weighted by Gasteiger charge is -2.01. The van der Waals surface area contributed by atoms with Crippen LogP contribution in [0.15, 0.2) is 21.3 Å². The molecule has 0 radical (unpaired) electrons. The lowest BCUT2D eigenvalue weighted by Crippen LogP contribution is -2.21. The summed E-state index contributed by atoms with van der Waals surface area (Å²) in [6.45, 7) is 0.643. The Morgan fingerprint density at radius 1 is 1.39 bits per heavy atom. The first kappa shape index (κ1) is 12.4. The van der Waals surface area contributed by atoms with Gasteiger partial charge < -0.3 is 5.32 Å². The molecule has 0 saturated heterocycles. The SMILES string of the molecule is O=C(NCc1cc2c(s1)CCC2)c1csc(Br)c1. The first-order valence-corrected chi connectivity index (χ1v) is 8.34. The van der Waals surface area contributed by atoms with Gasteiger partial charge in [0.1, 0.15) is 0 Å². The van der Waals surface area contributed by atoms with Crippen LogP contribution in [-0.4, -0.2) is 5.91 Å². The predicted molar refractivity (Wildman–Crippen MR) is 79.5 cm³/mol. The predicted octanol–water partition coefficient (Wildman–Crippen LogP) is 3.99. The zero-order chi connectivity index (χ0) is 12.5. The zero-order valence-electron chi connectivity index (χ0n) is 9.66. The van der Waals surface area contributed by atoms with Gasteiger partial charge in [-0.15, -0.1) is 22.7 Å². The third kappa shape index (κ3) is 2.53. The van der Waals surface area contributed by atoms with Crippen molar-refractivity contribution in [3.8, 4) is 0 Å². The first-order chi connectivity index (χ1) is 8.72. The molecule has 5 heteroatoms. The summed E-state index contributed by atoms with van der Waals surface area (Å²) in [4.78, 5) is 14.7. The number of hydrogen-bond acceptors (Lipinski definition) is 3. The number of rotatable bonds is 3. The van der Waals surface area contributed by atoms with E-state index in [-0.39, 0.29) is 5.91 Å². The van der Waals surface area contributed by atoms with E-state index in [0.29, 0.717) is 6.54 Å². The highest BCUT2D eigenvalue weighted by Crippen LogP contribution is 2.30. The molecular formula is C13H12BrNOS2. The maximum Gasteiger partial charge on any atom is 0.252 e. The van der Waals surface area contributed by atoms with E-state index in [1.165, 1.54) is 45.9 Å². The van der Waals surface area contributed by atoms with Crippen LogP contribution in [0.2, 0.25) is 0 Å². The van der Waals surface area contributed by atoms with Crippen LogP contribution in [0.5, 0.6) is 0 Å². The molecule has 2 aromatic heterocycles. The third-order valence-electron chi connectivity index (χ3n) is 3.05. The average Bonchev–Trinajstić information content (AvgIpc) is 3.00. The maximum absolute atomic E-state index is 11.9. The number of amides is 1. The molecule has 18 heavy (non-hydrogen) atoms. The molecule has 3 rings (SSSR count). The van der Waals surface area contributed by atoms with E-state index in [1.807, 2.05) is 22.8 Å². The Kier molecular flexibility index (Phi) is 3.54. The second-order valence-electron chi connectivity index (χ2n) is 4.34. The molecule has 0 aromatic carbocycles. The Hall–Kier alpha value is -0.650. The van der Waals surface area contributed by atoms with Crippen LogP contribution in [0.3, 0.4) is 0 Å². The van der Waals surface area contributed by atoms with Gasteiger partial charge in [0.2, 0.25) is 0 Å². The van der Waals surface area contributed by atoms with Crippen molar-refractivity contribution in [1.82, 2.24) is 5.32 Å². The molecule has 94 valence electrons. The fourth-order valence-corrected chi connectivity index (χ4v) is 4.51. The van der Waals surface area contributed by atoms with Crippen LogP contribution < -0.4 is 5.32 Å². The molecule has 0 spiro atoms. The third-order valence-corrected chi connectivity index (χ3v) is 5.79. The van der Waals surface area contributed by atoms with Crippen LogP contribution in [0.25, 0.3) is 0 Å². The molecule has 2 heterocycles. The summed E-state index contributed by atoms with van der Waals surface area (Å²) in [5, 5.41) is 4.84. The maximum atomic E-state index is 11.9. The molecule has 2 nitrogen and oxygen atoms in total. The molecule has 0 saturated carbocycles. The summed E-state index contributed by atoms with van der Waals surface area (Å²) >= 11 is 6.74. The topological polar surface area (TPSA) is 29.1 Å². The smallest absolute Gasteiger partial charge is 0.252 e. The summed E-state index contributed by atoms with van der Waals surface area (Å²) in [7, 11) is 0. The minimum atomic E-state index is 0.00510. The molecular weight excluding hydrogens is 330 g/mol. The first-order valence-electron chi connectivity index (χ1n) is 5.85.